The first-order chi connectivity index (χ1) is 10.5. The molecular formula is C14H21N7O. The Labute approximate surface area is 128 Å². The van der Waals surface area contributed by atoms with E-state index in [2.05, 4.69) is 20.0 Å². The van der Waals surface area contributed by atoms with Crippen LogP contribution in [0.5, 0.6) is 0 Å². The first kappa shape index (κ1) is 14.7. The van der Waals surface area contributed by atoms with Crippen LogP contribution in [0, 0.1) is 6.92 Å². The van der Waals surface area contributed by atoms with Crippen molar-refractivity contribution in [2.75, 3.05) is 31.1 Å². The smallest absolute Gasteiger partial charge is 0.239 e. The van der Waals surface area contributed by atoms with Gasteiger partial charge in [0, 0.05) is 33.2 Å². The van der Waals surface area contributed by atoms with Gasteiger partial charge in [-0.25, -0.2) is 9.97 Å². The fourth-order valence-electron chi connectivity index (χ4n) is 2.78. The van der Waals surface area contributed by atoms with Gasteiger partial charge in [0.05, 0.1) is 17.6 Å². The van der Waals surface area contributed by atoms with E-state index in [0.717, 1.165) is 35.8 Å². The molecule has 8 heteroatoms. The van der Waals surface area contributed by atoms with Crippen molar-refractivity contribution in [3.05, 3.63) is 12.0 Å². The van der Waals surface area contributed by atoms with Crippen molar-refractivity contribution in [3.63, 3.8) is 0 Å². The summed E-state index contributed by atoms with van der Waals surface area (Å²) in [6.45, 7) is 6.39. The van der Waals surface area contributed by atoms with Crippen LogP contribution in [0.4, 0.5) is 5.82 Å². The maximum absolute atomic E-state index is 12.0. The highest BCUT2D eigenvalue weighted by molar-refractivity contribution is 5.87. The SMILES string of the molecule is Cc1nc(N2CCN(C(=O)C(C)N)CC2)c2cnn(C)c2n1. The monoisotopic (exact) mass is 303 g/mol. The number of amides is 1. The predicted octanol–water partition coefficient (Wildman–Crippen LogP) is -0.332. The number of fused-ring (bicyclic) bond motifs is 1. The molecule has 1 atom stereocenters. The Morgan fingerprint density at radius 2 is 1.95 bits per heavy atom. The van der Waals surface area contributed by atoms with Crippen molar-refractivity contribution < 1.29 is 4.79 Å². The summed E-state index contributed by atoms with van der Waals surface area (Å²) in [4.78, 5) is 25.0. The highest BCUT2D eigenvalue weighted by Gasteiger charge is 2.25. The zero-order chi connectivity index (χ0) is 15.9. The molecule has 2 aromatic rings. The number of carbonyl (C=O) groups excluding carboxylic acids is 1. The largest absolute Gasteiger partial charge is 0.352 e. The van der Waals surface area contributed by atoms with Gasteiger partial charge in [-0.2, -0.15) is 5.10 Å². The van der Waals surface area contributed by atoms with Crippen molar-refractivity contribution in [1.82, 2.24) is 24.6 Å². The maximum atomic E-state index is 12.0. The minimum absolute atomic E-state index is 0.00467. The molecule has 1 saturated heterocycles. The molecule has 1 unspecified atom stereocenters. The quantitative estimate of drug-likeness (QED) is 0.816. The minimum atomic E-state index is -0.446. The average molecular weight is 303 g/mol. The minimum Gasteiger partial charge on any atom is -0.352 e. The summed E-state index contributed by atoms with van der Waals surface area (Å²) in [6, 6.07) is -0.446. The molecule has 0 bridgehead atoms. The molecule has 1 aliphatic rings. The van der Waals surface area contributed by atoms with E-state index < -0.39 is 6.04 Å². The maximum Gasteiger partial charge on any atom is 0.239 e. The molecule has 3 heterocycles. The summed E-state index contributed by atoms with van der Waals surface area (Å²) < 4.78 is 1.75. The van der Waals surface area contributed by atoms with Crippen LogP contribution in [0.2, 0.25) is 0 Å². The van der Waals surface area contributed by atoms with Gasteiger partial charge < -0.3 is 15.5 Å². The summed E-state index contributed by atoms with van der Waals surface area (Å²) in [5.41, 5.74) is 6.50. The summed E-state index contributed by atoms with van der Waals surface area (Å²) in [6.07, 6.45) is 1.80. The standard InChI is InChI=1S/C14H21N7O/c1-9(15)14(22)21-6-4-20(5-7-21)13-11-8-16-19(3)12(11)17-10(2)18-13/h8-9H,4-7,15H2,1-3H3. The summed E-state index contributed by atoms with van der Waals surface area (Å²) in [7, 11) is 1.87. The van der Waals surface area contributed by atoms with Gasteiger partial charge in [0.1, 0.15) is 11.6 Å². The summed E-state index contributed by atoms with van der Waals surface area (Å²) in [5.74, 6) is 1.62. The van der Waals surface area contributed by atoms with Gasteiger partial charge >= 0.3 is 0 Å². The Morgan fingerprint density at radius 3 is 2.59 bits per heavy atom. The summed E-state index contributed by atoms with van der Waals surface area (Å²) >= 11 is 0. The summed E-state index contributed by atoms with van der Waals surface area (Å²) in [5, 5.41) is 5.21. The van der Waals surface area contributed by atoms with Crippen molar-refractivity contribution in [2.24, 2.45) is 12.8 Å². The number of aryl methyl sites for hydroxylation is 2. The van der Waals surface area contributed by atoms with Crippen LogP contribution in [0.3, 0.4) is 0 Å². The number of hydrogen-bond acceptors (Lipinski definition) is 6. The molecule has 8 nitrogen and oxygen atoms in total. The molecule has 0 aliphatic carbocycles. The van der Waals surface area contributed by atoms with E-state index in [1.54, 1.807) is 17.8 Å². The number of carbonyl (C=O) groups is 1. The second-order valence-corrected chi connectivity index (χ2v) is 5.70. The third-order valence-electron chi connectivity index (χ3n) is 3.96. The van der Waals surface area contributed by atoms with Gasteiger partial charge in [-0.1, -0.05) is 0 Å². The van der Waals surface area contributed by atoms with Gasteiger partial charge in [-0.05, 0) is 13.8 Å². The first-order valence-electron chi connectivity index (χ1n) is 7.43. The number of piperazine rings is 1. The zero-order valence-electron chi connectivity index (χ0n) is 13.2. The fourth-order valence-corrected chi connectivity index (χ4v) is 2.78. The molecule has 0 radical (unpaired) electrons. The highest BCUT2D eigenvalue weighted by atomic mass is 16.2. The molecule has 1 amide bonds. The third kappa shape index (κ3) is 2.50. The molecule has 0 spiro atoms. The van der Waals surface area contributed by atoms with Crippen LogP contribution in [0.15, 0.2) is 6.20 Å². The molecule has 2 aromatic heterocycles. The van der Waals surface area contributed by atoms with Crippen molar-refractivity contribution in [2.45, 2.75) is 19.9 Å². The van der Waals surface area contributed by atoms with Crippen LogP contribution in [0.25, 0.3) is 11.0 Å². The molecule has 3 rings (SSSR count). The molecule has 1 fully saturated rings. The highest BCUT2D eigenvalue weighted by Crippen LogP contribution is 2.24. The van der Waals surface area contributed by atoms with E-state index in [0.29, 0.717) is 13.1 Å². The van der Waals surface area contributed by atoms with Crippen molar-refractivity contribution in [1.29, 1.82) is 0 Å². The van der Waals surface area contributed by atoms with Gasteiger partial charge in [-0.3, -0.25) is 9.48 Å². The molecule has 2 N–H and O–H groups in total. The number of aromatic nitrogens is 4. The molecule has 118 valence electrons. The number of nitrogens with zero attached hydrogens (tertiary/aromatic N) is 6. The lowest BCUT2D eigenvalue weighted by molar-refractivity contribution is -0.132. The van der Waals surface area contributed by atoms with E-state index in [1.165, 1.54) is 0 Å². The Hall–Kier alpha value is -2.22. The van der Waals surface area contributed by atoms with E-state index in [-0.39, 0.29) is 5.91 Å². The second kappa shape index (κ2) is 5.53. The van der Waals surface area contributed by atoms with Crippen LogP contribution in [0.1, 0.15) is 12.7 Å². The predicted molar refractivity (Wildman–Crippen MR) is 83.5 cm³/mol. The Morgan fingerprint density at radius 1 is 1.27 bits per heavy atom. The van der Waals surface area contributed by atoms with E-state index in [4.69, 9.17) is 5.73 Å². The number of hydrogen-bond donors (Lipinski definition) is 1. The number of rotatable bonds is 2. The molecule has 0 saturated carbocycles. The molecule has 0 aromatic carbocycles. The van der Waals surface area contributed by atoms with Gasteiger partial charge in [0.2, 0.25) is 5.91 Å². The molecular weight excluding hydrogens is 282 g/mol. The lowest BCUT2D eigenvalue weighted by Gasteiger charge is -2.36. The van der Waals surface area contributed by atoms with Crippen molar-refractivity contribution in [3.8, 4) is 0 Å². The molecule has 1 aliphatic heterocycles. The van der Waals surface area contributed by atoms with Crippen LogP contribution in [-0.2, 0) is 11.8 Å². The topological polar surface area (TPSA) is 93.2 Å². The number of nitrogens with two attached hydrogens (primary N) is 1. The van der Waals surface area contributed by atoms with Gasteiger partial charge in [-0.15, -0.1) is 0 Å². The lowest BCUT2D eigenvalue weighted by Crippen LogP contribution is -2.52. The van der Waals surface area contributed by atoms with Crippen molar-refractivity contribution >= 4 is 22.8 Å². The van der Waals surface area contributed by atoms with E-state index in [9.17, 15) is 4.79 Å². The Balaban J connectivity index is 1.84. The number of anilines is 1. The van der Waals surface area contributed by atoms with E-state index >= 15 is 0 Å². The zero-order valence-corrected chi connectivity index (χ0v) is 13.2. The van der Waals surface area contributed by atoms with Gasteiger partial charge in [0.25, 0.3) is 0 Å². The Bertz CT molecular complexity index is 701. The average Bonchev–Trinajstić information content (AvgIpc) is 2.87. The second-order valence-electron chi connectivity index (χ2n) is 5.70. The first-order valence-corrected chi connectivity index (χ1v) is 7.43. The Kier molecular flexibility index (Phi) is 3.69. The van der Waals surface area contributed by atoms with Crippen LogP contribution < -0.4 is 10.6 Å². The fraction of sp³-hybridized carbons (Fsp3) is 0.571. The third-order valence-corrected chi connectivity index (χ3v) is 3.96. The van der Waals surface area contributed by atoms with Crippen LogP contribution >= 0.6 is 0 Å². The normalized spacial score (nSPS) is 17.1. The van der Waals surface area contributed by atoms with E-state index in [1.807, 2.05) is 18.9 Å². The lowest BCUT2D eigenvalue weighted by atomic mass is 10.2. The molecule has 22 heavy (non-hydrogen) atoms. The van der Waals surface area contributed by atoms with Crippen LogP contribution in [-0.4, -0.2) is 62.8 Å². The van der Waals surface area contributed by atoms with Gasteiger partial charge in [0.15, 0.2) is 5.65 Å².